The number of alkyl halides is 3. The van der Waals surface area contributed by atoms with E-state index in [1.54, 1.807) is 0 Å². The number of hydrogen-bond donors (Lipinski definition) is 0. The fraction of sp³-hybridized carbons (Fsp3) is 0.222. The van der Waals surface area contributed by atoms with Crippen LogP contribution in [0.25, 0.3) is 0 Å². The van der Waals surface area contributed by atoms with Gasteiger partial charge >= 0.3 is 6.18 Å². The van der Waals surface area contributed by atoms with Crippen molar-refractivity contribution in [3.63, 3.8) is 0 Å². The second kappa shape index (κ2) is 3.81. The van der Waals surface area contributed by atoms with Crippen LogP contribution in [0.15, 0.2) is 12.1 Å². The Balaban J connectivity index is 3.45. The molecule has 6 heteroatoms. The topological polar surface area (TPSA) is 17.1 Å². The maximum atomic E-state index is 13.1. The number of rotatable bonds is 1. The smallest absolute Gasteiger partial charge is 0.276 e. The predicted octanol–water partition coefficient (Wildman–Crippen LogP) is 3.53. The van der Waals surface area contributed by atoms with Gasteiger partial charge in [-0.05, 0) is 36.2 Å². The van der Waals surface area contributed by atoms with Gasteiger partial charge in [0, 0.05) is 5.56 Å². The van der Waals surface area contributed by atoms with E-state index in [0.29, 0.717) is 6.07 Å². The van der Waals surface area contributed by atoms with Crippen molar-refractivity contribution < 1.29 is 22.4 Å². The molecule has 1 nitrogen and oxygen atoms in total. The summed E-state index contributed by atoms with van der Waals surface area (Å²) in [6, 6.07) is 1.37. The molecule has 0 N–H and O–H groups in total. The van der Waals surface area contributed by atoms with Gasteiger partial charge in [0.15, 0.2) is 0 Å². The van der Waals surface area contributed by atoms with Crippen molar-refractivity contribution in [1.82, 2.24) is 0 Å². The molecule has 0 saturated carbocycles. The Kier molecular flexibility index (Phi) is 3.04. The molecule has 0 saturated heterocycles. The third-order valence-electron chi connectivity index (χ3n) is 1.79. The fourth-order valence-corrected chi connectivity index (χ4v) is 1.20. The summed E-state index contributed by atoms with van der Waals surface area (Å²) in [5.74, 6) is -1.39. The van der Waals surface area contributed by atoms with Gasteiger partial charge in [0.2, 0.25) is 0 Å². The number of aryl methyl sites for hydroxylation is 1. The van der Waals surface area contributed by atoms with Gasteiger partial charge in [-0.15, -0.1) is 0 Å². The van der Waals surface area contributed by atoms with Crippen molar-refractivity contribution in [2.24, 2.45) is 0 Å². The number of hydrogen-bond acceptors (Lipinski definition) is 1. The van der Waals surface area contributed by atoms with E-state index in [1.165, 1.54) is 0 Å². The maximum Gasteiger partial charge on any atom is 0.419 e. The fourth-order valence-electron chi connectivity index (χ4n) is 1.09. The van der Waals surface area contributed by atoms with Crippen molar-refractivity contribution in [3.8, 4) is 0 Å². The van der Waals surface area contributed by atoms with Crippen LogP contribution in [0.4, 0.5) is 17.6 Å². The van der Waals surface area contributed by atoms with Crippen molar-refractivity contribution in [2.75, 3.05) is 0 Å². The van der Waals surface area contributed by atoms with E-state index >= 15 is 0 Å². The molecule has 0 aliphatic carbocycles. The SMILES string of the molecule is Cc1cc(C(=O)Cl)cc(C(F)(F)F)c1F. The first-order chi connectivity index (χ1) is 6.73. The molecule has 1 aromatic rings. The monoisotopic (exact) mass is 240 g/mol. The zero-order valence-corrected chi connectivity index (χ0v) is 8.21. The standard InChI is InChI=1S/C9H5ClF4O/c1-4-2-5(8(10)15)3-6(7(4)11)9(12,13)14/h2-3H,1H3. The largest absolute Gasteiger partial charge is 0.419 e. The van der Waals surface area contributed by atoms with Gasteiger partial charge in [-0.1, -0.05) is 0 Å². The van der Waals surface area contributed by atoms with Crippen LogP contribution in [-0.2, 0) is 6.18 Å². The molecule has 0 atom stereocenters. The Morgan fingerprint density at radius 3 is 2.27 bits per heavy atom. The van der Waals surface area contributed by atoms with E-state index < -0.39 is 22.8 Å². The summed E-state index contributed by atoms with van der Waals surface area (Å²) in [6.07, 6.45) is -4.84. The van der Waals surface area contributed by atoms with Crippen molar-refractivity contribution in [1.29, 1.82) is 0 Å². The average molecular weight is 241 g/mol. The second-order valence-corrected chi connectivity index (χ2v) is 3.27. The Labute approximate surface area is 87.7 Å². The molecular weight excluding hydrogens is 236 g/mol. The molecule has 0 aliphatic heterocycles. The molecule has 0 spiro atoms. The summed E-state index contributed by atoms with van der Waals surface area (Å²) in [5, 5.41) is -1.05. The molecule has 15 heavy (non-hydrogen) atoms. The van der Waals surface area contributed by atoms with E-state index in [2.05, 4.69) is 0 Å². The molecule has 0 amide bonds. The van der Waals surface area contributed by atoms with E-state index in [4.69, 9.17) is 11.6 Å². The number of benzene rings is 1. The maximum absolute atomic E-state index is 13.1. The molecular formula is C9H5ClF4O. The summed E-state index contributed by atoms with van der Waals surface area (Å²) in [7, 11) is 0. The summed E-state index contributed by atoms with van der Waals surface area (Å²) >= 11 is 5.02. The highest BCUT2D eigenvalue weighted by Crippen LogP contribution is 2.33. The molecule has 1 aromatic carbocycles. The molecule has 0 unspecified atom stereocenters. The van der Waals surface area contributed by atoms with Crippen molar-refractivity contribution in [2.45, 2.75) is 13.1 Å². The van der Waals surface area contributed by atoms with Gasteiger partial charge in [-0.25, -0.2) is 4.39 Å². The molecule has 82 valence electrons. The van der Waals surface area contributed by atoms with Crippen LogP contribution >= 0.6 is 11.6 Å². The van der Waals surface area contributed by atoms with Gasteiger partial charge in [-0.3, -0.25) is 4.79 Å². The summed E-state index contributed by atoms with van der Waals surface area (Å²) in [6.45, 7) is 1.13. The number of carbonyl (C=O) groups is 1. The Morgan fingerprint density at radius 1 is 1.33 bits per heavy atom. The first-order valence-corrected chi connectivity index (χ1v) is 4.18. The molecule has 0 radical (unpaired) electrons. The lowest BCUT2D eigenvalue weighted by Crippen LogP contribution is -2.11. The average Bonchev–Trinajstić information content (AvgIpc) is 2.06. The van der Waals surface area contributed by atoms with E-state index in [-0.39, 0.29) is 11.1 Å². The minimum atomic E-state index is -4.84. The van der Waals surface area contributed by atoms with Crippen molar-refractivity contribution in [3.05, 3.63) is 34.6 Å². The van der Waals surface area contributed by atoms with Gasteiger partial charge in [0.05, 0.1) is 5.56 Å². The minimum absolute atomic E-state index is 0.270. The molecule has 1 rings (SSSR count). The normalized spacial score (nSPS) is 11.6. The highest BCUT2D eigenvalue weighted by Gasteiger charge is 2.35. The molecule has 0 fully saturated rings. The molecule has 0 aromatic heterocycles. The lowest BCUT2D eigenvalue weighted by molar-refractivity contribution is -0.140. The second-order valence-electron chi connectivity index (χ2n) is 2.93. The minimum Gasteiger partial charge on any atom is -0.276 e. The van der Waals surface area contributed by atoms with Crippen LogP contribution in [0.1, 0.15) is 21.5 Å². The van der Waals surface area contributed by atoms with Gasteiger partial charge < -0.3 is 0 Å². The van der Waals surface area contributed by atoms with Crippen LogP contribution in [0.2, 0.25) is 0 Å². The Hall–Kier alpha value is -1.10. The summed E-state index contributed by atoms with van der Waals surface area (Å²) in [5.41, 5.74) is -2.12. The third-order valence-corrected chi connectivity index (χ3v) is 2.01. The zero-order valence-electron chi connectivity index (χ0n) is 7.45. The van der Waals surface area contributed by atoms with Crippen LogP contribution in [0, 0.1) is 12.7 Å². The van der Waals surface area contributed by atoms with E-state index in [0.717, 1.165) is 13.0 Å². The Morgan fingerprint density at radius 2 is 1.87 bits per heavy atom. The summed E-state index contributed by atoms with van der Waals surface area (Å²) < 4.78 is 49.9. The molecule has 0 heterocycles. The van der Waals surface area contributed by atoms with Gasteiger partial charge in [0.25, 0.3) is 5.24 Å². The quantitative estimate of drug-likeness (QED) is 0.542. The lowest BCUT2D eigenvalue weighted by Gasteiger charge is -2.10. The highest BCUT2D eigenvalue weighted by atomic mass is 35.5. The van der Waals surface area contributed by atoms with E-state index in [9.17, 15) is 22.4 Å². The van der Waals surface area contributed by atoms with Crippen LogP contribution in [-0.4, -0.2) is 5.24 Å². The third kappa shape index (κ3) is 2.47. The zero-order chi connectivity index (χ0) is 11.8. The Bertz CT molecular complexity index is 411. The van der Waals surface area contributed by atoms with Gasteiger partial charge in [-0.2, -0.15) is 13.2 Å². The molecule has 0 aliphatic rings. The van der Waals surface area contributed by atoms with Crippen LogP contribution in [0.5, 0.6) is 0 Å². The molecule has 0 bridgehead atoms. The van der Waals surface area contributed by atoms with Crippen molar-refractivity contribution >= 4 is 16.8 Å². The predicted molar refractivity (Wildman–Crippen MR) is 46.3 cm³/mol. The van der Waals surface area contributed by atoms with E-state index in [1.807, 2.05) is 0 Å². The number of carbonyl (C=O) groups excluding carboxylic acids is 1. The van der Waals surface area contributed by atoms with Crippen LogP contribution in [0.3, 0.4) is 0 Å². The first-order valence-electron chi connectivity index (χ1n) is 3.80. The van der Waals surface area contributed by atoms with Gasteiger partial charge in [0.1, 0.15) is 5.82 Å². The lowest BCUT2D eigenvalue weighted by atomic mass is 10.1. The first kappa shape index (κ1) is 12.0. The summed E-state index contributed by atoms with van der Waals surface area (Å²) in [4.78, 5) is 10.7. The highest BCUT2D eigenvalue weighted by molar-refractivity contribution is 6.67. The number of halogens is 5. The van der Waals surface area contributed by atoms with Crippen LogP contribution < -0.4 is 0 Å².